The third kappa shape index (κ3) is 4.53. The van der Waals surface area contributed by atoms with Crippen LogP contribution in [0.5, 0.6) is 0 Å². The van der Waals surface area contributed by atoms with Gasteiger partial charge >= 0.3 is 0 Å². The van der Waals surface area contributed by atoms with Crippen molar-refractivity contribution in [3.05, 3.63) is 60.0 Å². The molecular formula is C17H21FN2O. The Bertz CT molecular complexity index is 542. The number of aliphatic hydroxyl groups excluding tert-OH is 1. The fourth-order valence-electron chi connectivity index (χ4n) is 2.24. The Morgan fingerprint density at radius 1 is 1.10 bits per heavy atom. The van der Waals surface area contributed by atoms with Crippen LogP contribution in [0.15, 0.2) is 48.7 Å². The summed E-state index contributed by atoms with van der Waals surface area (Å²) in [6.45, 7) is 5.48. The quantitative estimate of drug-likeness (QED) is 0.885. The summed E-state index contributed by atoms with van der Waals surface area (Å²) >= 11 is 0. The van der Waals surface area contributed by atoms with Gasteiger partial charge in [-0.1, -0.05) is 32.0 Å². The van der Waals surface area contributed by atoms with Gasteiger partial charge in [-0.2, -0.15) is 0 Å². The lowest BCUT2D eigenvalue weighted by atomic mass is 10.1. The van der Waals surface area contributed by atoms with Crippen LogP contribution >= 0.6 is 0 Å². The van der Waals surface area contributed by atoms with Gasteiger partial charge in [0.1, 0.15) is 11.6 Å². The van der Waals surface area contributed by atoms with Crippen LogP contribution in [-0.4, -0.2) is 23.2 Å². The minimum absolute atomic E-state index is 0.297. The summed E-state index contributed by atoms with van der Waals surface area (Å²) in [6, 6.07) is 11.7. The molecule has 0 spiro atoms. The molecule has 0 saturated heterocycles. The van der Waals surface area contributed by atoms with Gasteiger partial charge in [0, 0.05) is 19.3 Å². The van der Waals surface area contributed by atoms with Crippen molar-refractivity contribution in [3.8, 4) is 0 Å². The number of hydrogen-bond acceptors (Lipinski definition) is 3. The number of pyridine rings is 1. The molecule has 0 radical (unpaired) electrons. The first-order chi connectivity index (χ1) is 10.1. The Morgan fingerprint density at radius 2 is 1.81 bits per heavy atom. The van der Waals surface area contributed by atoms with Gasteiger partial charge in [-0.15, -0.1) is 0 Å². The Labute approximate surface area is 125 Å². The van der Waals surface area contributed by atoms with Crippen molar-refractivity contribution in [2.75, 3.05) is 18.0 Å². The van der Waals surface area contributed by atoms with Crippen molar-refractivity contribution in [2.45, 2.75) is 20.0 Å². The average molecular weight is 288 g/mol. The summed E-state index contributed by atoms with van der Waals surface area (Å²) in [6.07, 6.45) is 1.07. The highest BCUT2D eigenvalue weighted by atomic mass is 19.1. The van der Waals surface area contributed by atoms with Crippen LogP contribution in [-0.2, 0) is 0 Å². The molecule has 0 bridgehead atoms. The third-order valence-electron chi connectivity index (χ3n) is 3.21. The molecule has 0 saturated carbocycles. The molecular weight excluding hydrogens is 267 g/mol. The number of aromatic nitrogens is 1. The van der Waals surface area contributed by atoms with Gasteiger partial charge in [0.05, 0.1) is 6.10 Å². The zero-order chi connectivity index (χ0) is 15.2. The van der Waals surface area contributed by atoms with Crippen molar-refractivity contribution in [1.29, 1.82) is 0 Å². The normalized spacial score (nSPS) is 12.4. The Hall–Kier alpha value is -1.94. The van der Waals surface area contributed by atoms with E-state index in [-0.39, 0.29) is 5.82 Å². The molecule has 2 aromatic rings. The first-order valence-corrected chi connectivity index (χ1v) is 7.15. The monoisotopic (exact) mass is 288 g/mol. The third-order valence-corrected chi connectivity index (χ3v) is 3.21. The van der Waals surface area contributed by atoms with E-state index in [4.69, 9.17) is 0 Å². The first kappa shape index (κ1) is 15.4. The van der Waals surface area contributed by atoms with E-state index >= 15 is 0 Å². The Kier molecular flexibility index (Phi) is 5.28. The molecule has 1 aromatic heterocycles. The molecule has 0 amide bonds. The average Bonchev–Trinajstić information content (AvgIpc) is 2.47. The molecule has 3 nitrogen and oxygen atoms in total. The molecule has 21 heavy (non-hydrogen) atoms. The summed E-state index contributed by atoms with van der Waals surface area (Å²) < 4.78 is 12.9. The SMILES string of the molecule is CC(C)CN(CC(O)c1ccc(F)cc1)c1ccccn1. The van der Waals surface area contributed by atoms with Crippen LogP contribution in [0, 0.1) is 11.7 Å². The van der Waals surface area contributed by atoms with Gasteiger partial charge < -0.3 is 10.0 Å². The Morgan fingerprint density at radius 3 is 2.38 bits per heavy atom. The molecule has 1 unspecified atom stereocenters. The second-order valence-corrected chi connectivity index (χ2v) is 5.55. The zero-order valence-electron chi connectivity index (χ0n) is 12.4. The van der Waals surface area contributed by atoms with E-state index in [2.05, 4.69) is 23.7 Å². The smallest absolute Gasteiger partial charge is 0.128 e. The highest BCUT2D eigenvalue weighted by Gasteiger charge is 2.16. The fourth-order valence-corrected chi connectivity index (χ4v) is 2.24. The van der Waals surface area contributed by atoms with Crippen molar-refractivity contribution in [2.24, 2.45) is 5.92 Å². The number of hydrogen-bond donors (Lipinski definition) is 1. The van der Waals surface area contributed by atoms with Crippen LogP contribution in [0.1, 0.15) is 25.5 Å². The minimum Gasteiger partial charge on any atom is -0.387 e. The van der Waals surface area contributed by atoms with Crippen LogP contribution in [0.2, 0.25) is 0 Å². The maximum atomic E-state index is 12.9. The first-order valence-electron chi connectivity index (χ1n) is 7.15. The maximum Gasteiger partial charge on any atom is 0.128 e. The van der Waals surface area contributed by atoms with Gasteiger partial charge in [-0.25, -0.2) is 9.37 Å². The van der Waals surface area contributed by atoms with Crippen molar-refractivity contribution < 1.29 is 9.50 Å². The molecule has 1 atom stereocenters. The van der Waals surface area contributed by atoms with Crippen LogP contribution in [0.3, 0.4) is 0 Å². The topological polar surface area (TPSA) is 36.4 Å². The van der Waals surface area contributed by atoms with Crippen LogP contribution in [0.25, 0.3) is 0 Å². The molecule has 0 aliphatic carbocycles. The summed E-state index contributed by atoms with van der Waals surface area (Å²) in [4.78, 5) is 6.40. The molecule has 112 valence electrons. The number of rotatable bonds is 6. The van der Waals surface area contributed by atoms with Gasteiger partial charge in [0.2, 0.25) is 0 Å². The molecule has 0 aliphatic heterocycles. The summed E-state index contributed by atoms with van der Waals surface area (Å²) in [5.41, 5.74) is 0.709. The van der Waals surface area contributed by atoms with Gasteiger partial charge in [0.15, 0.2) is 0 Å². The summed E-state index contributed by atoms with van der Waals surface area (Å²) in [7, 11) is 0. The van der Waals surface area contributed by atoms with Crippen LogP contribution in [0.4, 0.5) is 10.2 Å². The lowest BCUT2D eigenvalue weighted by Crippen LogP contribution is -2.32. The largest absolute Gasteiger partial charge is 0.387 e. The van der Waals surface area contributed by atoms with E-state index in [1.165, 1.54) is 12.1 Å². The highest BCUT2D eigenvalue weighted by Crippen LogP contribution is 2.19. The van der Waals surface area contributed by atoms with E-state index in [1.807, 2.05) is 18.2 Å². The van der Waals surface area contributed by atoms with E-state index < -0.39 is 6.10 Å². The predicted octanol–water partition coefficient (Wildman–Crippen LogP) is 3.42. The second kappa shape index (κ2) is 7.18. The fraction of sp³-hybridized carbons (Fsp3) is 0.353. The predicted molar refractivity (Wildman–Crippen MR) is 82.6 cm³/mol. The molecule has 0 fully saturated rings. The second-order valence-electron chi connectivity index (χ2n) is 5.55. The molecule has 1 aromatic carbocycles. The van der Waals surface area contributed by atoms with Crippen molar-refractivity contribution in [1.82, 2.24) is 4.98 Å². The van der Waals surface area contributed by atoms with Crippen molar-refractivity contribution in [3.63, 3.8) is 0 Å². The molecule has 1 heterocycles. The lowest BCUT2D eigenvalue weighted by Gasteiger charge is -2.28. The lowest BCUT2D eigenvalue weighted by molar-refractivity contribution is 0.182. The van der Waals surface area contributed by atoms with E-state index in [0.717, 1.165) is 12.4 Å². The van der Waals surface area contributed by atoms with Gasteiger partial charge in [-0.3, -0.25) is 0 Å². The van der Waals surface area contributed by atoms with E-state index in [1.54, 1.807) is 18.3 Å². The summed E-state index contributed by atoms with van der Waals surface area (Å²) in [5, 5.41) is 10.4. The number of anilines is 1. The van der Waals surface area contributed by atoms with E-state index in [9.17, 15) is 9.50 Å². The standard InChI is InChI=1S/C17H21FN2O/c1-13(2)11-20(17-5-3-4-10-19-17)12-16(21)14-6-8-15(18)9-7-14/h3-10,13,16,21H,11-12H2,1-2H3. The molecule has 4 heteroatoms. The van der Waals surface area contributed by atoms with E-state index in [0.29, 0.717) is 18.0 Å². The summed E-state index contributed by atoms with van der Waals surface area (Å²) in [5.74, 6) is 0.995. The Balaban J connectivity index is 2.13. The van der Waals surface area contributed by atoms with Gasteiger partial charge in [-0.05, 0) is 35.7 Å². The molecule has 0 aliphatic rings. The number of nitrogens with zero attached hydrogens (tertiary/aromatic N) is 2. The number of halogens is 1. The molecule has 2 rings (SSSR count). The number of benzene rings is 1. The zero-order valence-corrected chi connectivity index (χ0v) is 12.4. The highest BCUT2D eigenvalue weighted by molar-refractivity contribution is 5.38. The minimum atomic E-state index is -0.675. The van der Waals surface area contributed by atoms with Crippen molar-refractivity contribution >= 4 is 5.82 Å². The van der Waals surface area contributed by atoms with Crippen LogP contribution < -0.4 is 4.90 Å². The van der Waals surface area contributed by atoms with Gasteiger partial charge in [0.25, 0.3) is 0 Å². The maximum absolute atomic E-state index is 12.9. The number of aliphatic hydroxyl groups is 1. The molecule has 1 N–H and O–H groups in total.